The van der Waals surface area contributed by atoms with Crippen LogP contribution in [0.4, 0.5) is 0 Å². The Balaban J connectivity index is 1.80. The number of para-hydroxylation sites is 2. The number of nitrogens with zero attached hydrogens (tertiary/aromatic N) is 2. The van der Waals surface area contributed by atoms with Gasteiger partial charge in [0.1, 0.15) is 23.4 Å². The molecule has 1 unspecified atom stereocenters. The first-order valence-corrected chi connectivity index (χ1v) is 9.24. The van der Waals surface area contributed by atoms with Gasteiger partial charge in [-0.25, -0.2) is 4.98 Å². The Morgan fingerprint density at radius 2 is 1.86 bits per heavy atom. The number of rotatable bonds is 8. The minimum atomic E-state index is -0.450. The molecule has 1 atom stereocenters. The molecule has 0 aliphatic heterocycles. The Hall–Kier alpha value is -3.28. The Kier molecular flexibility index (Phi) is 6.32. The van der Waals surface area contributed by atoms with Crippen molar-refractivity contribution in [1.29, 1.82) is 0 Å². The SMILES string of the molecule is CCc1ccccc1OCC(=O)NC(c1ccccc1OC)c1nccn1C. The molecule has 3 rings (SSSR count). The third kappa shape index (κ3) is 4.34. The molecule has 0 aliphatic rings. The topological polar surface area (TPSA) is 65.4 Å². The molecule has 0 saturated carbocycles. The lowest BCUT2D eigenvalue weighted by Crippen LogP contribution is -2.34. The van der Waals surface area contributed by atoms with Gasteiger partial charge in [-0.1, -0.05) is 43.3 Å². The second kappa shape index (κ2) is 9.08. The summed E-state index contributed by atoms with van der Waals surface area (Å²) in [7, 11) is 3.51. The average molecular weight is 379 g/mol. The van der Waals surface area contributed by atoms with Crippen molar-refractivity contribution < 1.29 is 14.3 Å². The van der Waals surface area contributed by atoms with E-state index in [0.717, 1.165) is 23.3 Å². The molecule has 0 aliphatic carbocycles. The van der Waals surface area contributed by atoms with Crippen molar-refractivity contribution in [2.24, 2.45) is 7.05 Å². The second-order valence-electron chi connectivity index (χ2n) is 6.39. The number of ether oxygens (including phenoxy) is 2. The van der Waals surface area contributed by atoms with E-state index in [-0.39, 0.29) is 12.5 Å². The van der Waals surface area contributed by atoms with Crippen LogP contribution in [-0.4, -0.2) is 29.2 Å². The third-order valence-corrected chi connectivity index (χ3v) is 4.58. The van der Waals surface area contributed by atoms with Gasteiger partial charge in [0.2, 0.25) is 0 Å². The highest BCUT2D eigenvalue weighted by atomic mass is 16.5. The van der Waals surface area contributed by atoms with Crippen LogP contribution in [0.2, 0.25) is 0 Å². The molecule has 28 heavy (non-hydrogen) atoms. The lowest BCUT2D eigenvalue weighted by atomic mass is 10.0. The van der Waals surface area contributed by atoms with E-state index in [1.165, 1.54) is 0 Å². The summed E-state index contributed by atoms with van der Waals surface area (Å²) in [4.78, 5) is 17.1. The maximum absolute atomic E-state index is 12.7. The van der Waals surface area contributed by atoms with Gasteiger partial charge in [0.15, 0.2) is 6.61 Å². The summed E-state index contributed by atoms with van der Waals surface area (Å²) in [6.45, 7) is 1.98. The van der Waals surface area contributed by atoms with Crippen molar-refractivity contribution in [2.75, 3.05) is 13.7 Å². The van der Waals surface area contributed by atoms with Crippen molar-refractivity contribution in [3.05, 3.63) is 77.9 Å². The van der Waals surface area contributed by atoms with Gasteiger partial charge in [0.25, 0.3) is 5.91 Å². The predicted molar refractivity (Wildman–Crippen MR) is 108 cm³/mol. The minimum Gasteiger partial charge on any atom is -0.496 e. The van der Waals surface area contributed by atoms with Gasteiger partial charge >= 0.3 is 0 Å². The van der Waals surface area contributed by atoms with Crippen LogP contribution in [0, 0.1) is 0 Å². The maximum atomic E-state index is 12.7. The fourth-order valence-corrected chi connectivity index (χ4v) is 3.12. The lowest BCUT2D eigenvalue weighted by Gasteiger charge is -2.21. The number of imidazole rings is 1. The van der Waals surface area contributed by atoms with Gasteiger partial charge < -0.3 is 19.4 Å². The second-order valence-corrected chi connectivity index (χ2v) is 6.39. The fraction of sp³-hybridized carbons (Fsp3) is 0.273. The molecule has 0 bridgehead atoms. The normalized spacial score (nSPS) is 11.7. The smallest absolute Gasteiger partial charge is 0.258 e. The standard InChI is InChI=1S/C22H25N3O3/c1-4-16-9-5-7-11-18(16)28-15-20(26)24-21(22-23-13-14-25(22)2)17-10-6-8-12-19(17)27-3/h5-14,21H,4,15H2,1-3H3,(H,24,26). The number of methoxy groups -OCH3 is 1. The van der Waals surface area contributed by atoms with Crippen molar-refractivity contribution in [3.8, 4) is 11.5 Å². The first-order valence-electron chi connectivity index (χ1n) is 9.24. The molecular weight excluding hydrogens is 354 g/mol. The number of aryl methyl sites for hydroxylation is 2. The number of nitrogens with one attached hydrogen (secondary N) is 1. The Bertz CT molecular complexity index is 936. The summed E-state index contributed by atoms with van der Waals surface area (Å²) in [5.74, 6) is 1.90. The van der Waals surface area contributed by atoms with Crippen LogP contribution in [0.15, 0.2) is 60.9 Å². The van der Waals surface area contributed by atoms with Crippen LogP contribution in [0.5, 0.6) is 11.5 Å². The van der Waals surface area contributed by atoms with Crippen LogP contribution >= 0.6 is 0 Å². The van der Waals surface area contributed by atoms with Gasteiger partial charge in [-0.05, 0) is 24.1 Å². The number of hydrogen-bond acceptors (Lipinski definition) is 4. The molecule has 2 aromatic carbocycles. The van der Waals surface area contributed by atoms with E-state index in [0.29, 0.717) is 11.6 Å². The number of hydrogen-bond donors (Lipinski definition) is 1. The van der Waals surface area contributed by atoms with E-state index in [1.54, 1.807) is 13.3 Å². The van der Waals surface area contributed by atoms with Crippen LogP contribution in [-0.2, 0) is 18.3 Å². The number of carbonyl (C=O) groups excluding carboxylic acids is 1. The van der Waals surface area contributed by atoms with Crippen LogP contribution in [0.25, 0.3) is 0 Å². The molecule has 146 valence electrons. The summed E-state index contributed by atoms with van der Waals surface area (Å²) in [5.41, 5.74) is 1.90. The highest BCUT2D eigenvalue weighted by Crippen LogP contribution is 2.29. The number of aromatic nitrogens is 2. The fourth-order valence-electron chi connectivity index (χ4n) is 3.12. The zero-order chi connectivity index (χ0) is 19.9. The first kappa shape index (κ1) is 19.5. The number of amides is 1. The summed E-state index contributed by atoms with van der Waals surface area (Å²) in [6, 6.07) is 14.9. The first-order chi connectivity index (χ1) is 13.6. The summed E-state index contributed by atoms with van der Waals surface area (Å²) < 4.78 is 13.1. The van der Waals surface area contributed by atoms with E-state index in [1.807, 2.05) is 66.3 Å². The highest BCUT2D eigenvalue weighted by Gasteiger charge is 2.24. The number of carbonyl (C=O) groups is 1. The van der Waals surface area contributed by atoms with E-state index in [4.69, 9.17) is 9.47 Å². The molecule has 1 heterocycles. The highest BCUT2D eigenvalue weighted by molar-refractivity contribution is 5.78. The molecule has 0 fully saturated rings. The van der Waals surface area contributed by atoms with Gasteiger partial charge in [-0.15, -0.1) is 0 Å². The summed E-state index contributed by atoms with van der Waals surface area (Å²) in [6.07, 6.45) is 4.39. The zero-order valence-corrected chi connectivity index (χ0v) is 16.4. The lowest BCUT2D eigenvalue weighted by molar-refractivity contribution is -0.123. The van der Waals surface area contributed by atoms with E-state index in [2.05, 4.69) is 17.2 Å². The van der Waals surface area contributed by atoms with Crippen LogP contribution in [0.1, 0.15) is 29.9 Å². The van der Waals surface area contributed by atoms with Gasteiger partial charge in [0.05, 0.1) is 7.11 Å². The van der Waals surface area contributed by atoms with Crippen molar-refractivity contribution >= 4 is 5.91 Å². The Morgan fingerprint density at radius 1 is 1.14 bits per heavy atom. The van der Waals surface area contributed by atoms with Crippen molar-refractivity contribution in [2.45, 2.75) is 19.4 Å². The molecule has 0 spiro atoms. The van der Waals surface area contributed by atoms with Crippen molar-refractivity contribution in [1.82, 2.24) is 14.9 Å². The molecule has 6 heteroatoms. The number of benzene rings is 2. The molecule has 1 N–H and O–H groups in total. The maximum Gasteiger partial charge on any atom is 0.258 e. The molecule has 3 aromatic rings. The monoisotopic (exact) mass is 379 g/mol. The van der Waals surface area contributed by atoms with Gasteiger partial charge in [0, 0.05) is 25.0 Å². The molecule has 1 aromatic heterocycles. The molecule has 0 radical (unpaired) electrons. The van der Waals surface area contributed by atoms with Crippen LogP contribution in [0.3, 0.4) is 0 Å². The summed E-state index contributed by atoms with van der Waals surface area (Å²) >= 11 is 0. The quantitative estimate of drug-likeness (QED) is 0.652. The molecule has 6 nitrogen and oxygen atoms in total. The van der Waals surface area contributed by atoms with E-state index >= 15 is 0 Å². The van der Waals surface area contributed by atoms with E-state index in [9.17, 15) is 4.79 Å². The predicted octanol–water partition coefficient (Wildman–Crippen LogP) is 3.28. The summed E-state index contributed by atoms with van der Waals surface area (Å²) in [5, 5.41) is 3.03. The van der Waals surface area contributed by atoms with Gasteiger partial charge in [-0.2, -0.15) is 0 Å². The molecule has 1 amide bonds. The molecular formula is C22H25N3O3. The third-order valence-electron chi connectivity index (χ3n) is 4.58. The average Bonchev–Trinajstić information content (AvgIpc) is 3.16. The van der Waals surface area contributed by atoms with E-state index < -0.39 is 6.04 Å². The Labute approximate surface area is 165 Å². The Morgan fingerprint density at radius 3 is 2.54 bits per heavy atom. The van der Waals surface area contributed by atoms with Crippen LogP contribution < -0.4 is 14.8 Å². The van der Waals surface area contributed by atoms with Gasteiger partial charge in [-0.3, -0.25) is 4.79 Å². The van der Waals surface area contributed by atoms with Crippen molar-refractivity contribution in [3.63, 3.8) is 0 Å². The largest absolute Gasteiger partial charge is 0.496 e. The minimum absolute atomic E-state index is 0.0763. The zero-order valence-electron chi connectivity index (χ0n) is 16.4. The molecule has 0 saturated heterocycles.